The summed E-state index contributed by atoms with van der Waals surface area (Å²) in [5.41, 5.74) is -0.544. The first-order valence-corrected chi connectivity index (χ1v) is 9.07. The van der Waals surface area contributed by atoms with Crippen molar-refractivity contribution in [3.63, 3.8) is 0 Å². The van der Waals surface area contributed by atoms with E-state index in [0.717, 1.165) is 12.8 Å². The van der Waals surface area contributed by atoms with Crippen LogP contribution in [0.1, 0.15) is 55.0 Å². The van der Waals surface area contributed by atoms with E-state index in [4.69, 9.17) is 11.6 Å². The van der Waals surface area contributed by atoms with Crippen molar-refractivity contribution in [1.29, 1.82) is 0 Å². The number of hydrogen-bond donors (Lipinski definition) is 1. The summed E-state index contributed by atoms with van der Waals surface area (Å²) in [4.78, 5) is 30.5. The molecule has 26 heavy (non-hydrogen) atoms. The fourth-order valence-corrected chi connectivity index (χ4v) is 3.67. The molecule has 1 N–H and O–H groups in total. The van der Waals surface area contributed by atoms with E-state index in [0.29, 0.717) is 35.9 Å². The minimum atomic E-state index is -1.22. The fourth-order valence-electron chi connectivity index (χ4n) is 3.45. The molecule has 2 aromatic rings. The van der Waals surface area contributed by atoms with E-state index in [1.54, 1.807) is 17.7 Å². The van der Waals surface area contributed by atoms with E-state index >= 15 is 0 Å². The van der Waals surface area contributed by atoms with E-state index in [9.17, 15) is 14.7 Å². The van der Waals surface area contributed by atoms with Gasteiger partial charge in [-0.15, -0.1) is 5.10 Å². The average molecular weight is 375 g/mol. The highest BCUT2D eigenvalue weighted by Crippen LogP contribution is 2.40. The number of rotatable bonds is 4. The largest absolute Gasteiger partial charge is 0.480 e. The van der Waals surface area contributed by atoms with Crippen LogP contribution in [0, 0.1) is 0 Å². The third kappa shape index (κ3) is 2.67. The molecule has 1 unspecified atom stereocenters. The van der Waals surface area contributed by atoms with Crippen molar-refractivity contribution >= 4 is 23.5 Å². The maximum atomic E-state index is 13.0. The number of carbonyl (C=O) groups excluding carboxylic acids is 1. The fraction of sp³-hybridized carbons (Fsp3) is 0.444. The number of carbonyl (C=O) groups is 2. The summed E-state index contributed by atoms with van der Waals surface area (Å²) in [5, 5.41) is 14.5. The van der Waals surface area contributed by atoms with Gasteiger partial charge in [-0.2, -0.15) is 0 Å². The predicted molar refractivity (Wildman–Crippen MR) is 94.7 cm³/mol. The first-order valence-electron chi connectivity index (χ1n) is 8.69. The van der Waals surface area contributed by atoms with Crippen LogP contribution in [0.25, 0.3) is 5.69 Å². The van der Waals surface area contributed by atoms with Gasteiger partial charge in [0.05, 0.1) is 10.7 Å². The Kier molecular flexibility index (Phi) is 3.99. The molecule has 1 aromatic carbocycles. The number of aromatic nitrogens is 3. The SMILES string of the molecule is CC1(C(=O)O)CCCN1C(=O)c1nc(C2CC2)n(-c2ccccc2Cl)n1. The molecule has 0 bridgehead atoms. The lowest BCUT2D eigenvalue weighted by atomic mass is 9.99. The Morgan fingerprint density at radius 2 is 2.04 bits per heavy atom. The Morgan fingerprint density at radius 1 is 1.31 bits per heavy atom. The number of amides is 1. The van der Waals surface area contributed by atoms with Gasteiger partial charge in [0.2, 0.25) is 5.82 Å². The summed E-state index contributed by atoms with van der Waals surface area (Å²) in [5.74, 6) is -0.458. The maximum Gasteiger partial charge on any atom is 0.329 e. The molecule has 1 aliphatic carbocycles. The van der Waals surface area contributed by atoms with Crippen molar-refractivity contribution in [3.05, 3.63) is 40.9 Å². The van der Waals surface area contributed by atoms with Crippen LogP contribution < -0.4 is 0 Å². The first kappa shape index (κ1) is 17.0. The number of halogens is 1. The summed E-state index contributed by atoms with van der Waals surface area (Å²) in [6, 6.07) is 7.27. The molecule has 1 saturated carbocycles. The van der Waals surface area contributed by atoms with E-state index in [2.05, 4.69) is 10.1 Å². The Labute approximate surface area is 155 Å². The third-order valence-electron chi connectivity index (χ3n) is 5.19. The van der Waals surface area contributed by atoms with Gasteiger partial charge in [-0.05, 0) is 44.7 Å². The number of benzene rings is 1. The second kappa shape index (κ2) is 6.09. The van der Waals surface area contributed by atoms with Crippen molar-refractivity contribution in [2.45, 2.75) is 44.1 Å². The number of likely N-dealkylation sites (tertiary alicyclic amines) is 1. The minimum Gasteiger partial charge on any atom is -0.480 e. The molecule has 0 spiro atoms. The highest BCUT2D eigenvalue weighted by atomic mass is 35.5. The predicted octanol–water partition coefficient (Wildman–Crippen LogP) is 2.88. The quantitative estimate of drug-likeness (QED) is 0.888. The third-order valence-corrected chi connectivity index (χ3v) is 5.51. The van der Waals surface area contributed by atoms with Crippen LogP contribution in [0.4, 0.5) is 0 Å². The van der Waals surface area contributed by atoms with Gasteiger partial charge in [0.15, 0.2) is 0 Å². The summed E-state index contributed by atoms with van der Waals surface area (Å²) in [6.07, 6.45) is 3.06. The Hall–Kier alpha value is -2.41. The summed E-state index contributed by atoms with van der Waals surface area (Å²) in [7, 11) is 0. The zero-order chi connectivity index (χ0) is 18.5. The molecule has 4 rings (SSSR count). The molecule has 0 radical (unpaired) electrons. The first-order chi connectivity index (χ1) is 12.4. The van der Waals surface area contributed by atoms with E-state index < -0.39 is 17.4 Å². The van der Waals surface area contributed by atoms with Gasteiger partial charge < -0.3 is 10.0 Å². The van der Waals surface area contributed by atoms with E-state index in [-0.39, 0.29) is 11.7 Å². The number of carboxylic acid groups (broad SMARTS) is 1. The van der Waals surface area contributed by atoms with Crippen LogP contribution in [-0.4, -0.2) is 48.7 Å². The molecule has 8 heteroatoms. The molecule has 1 aliphatic heterocycles. The summed E-state index contributed by atoms with van der Waals surface area (Å²) < 4.78 is 1.63. The topological polar surface area (TPSA) is 88.3 Å². The van der Waals surface area contributed by atoms with Crippen molar-refractivity contribution in [1.82, 2.24) is 19.7 Å². The number of para-hydroxylation sites is 1. The van der Waals surface area contributed by atoms with Gasteiger partial charge in [-0.25, -0.2) is 14.5 Å². The number of nitrogens with zero attached hydrogens (tertiary/aromatic N) is 4. The van der Waals surface area contributed by atoms with Gasteiger partial charge in [0.1, 0.15) is 11.4 Å². The van der Waals surface area contributed by atoms with Crippen LogP contribution in [0.15, 0.2) is 24.3 Å². The normalized spacial score (nSPS) is 22.6. The zero-order valence-corrected chi connectivity index (χ0v) is 15.1. The second-order valence-electron chi connectivity index (χ2n) is 7.07. The minimum absolute atomic E-state index is 0.0289. The monoisotopic (exact) mass is 374 g/mol. The Morgan fingerprint density at radius 3 is 2.69 bits per heavy atom. The molecular formula is C18H19ClN4O3. The maximum absolute atomic E-state index is 13.0. The molecule has 136 valence electrons. The molecule has 2 aliphatic rings. The molecule has 1 saturated heterocycles. The van der Waals surface area contributed by atoms with Gasteiger partial charge >= 0.3 is 5.97 Å². The van der Waals surface area contributed by atoms with E-state index in [1.807, 2.05) is 18.2 Å². The summed E-state index contributed by atoms with van der Waals surface area (Å²) >= 11 is 6.30. The van der Waals surface area contributed by atoms with Crippen LogP contribution in [0.3, 0.4) is 0 Å². The number of carboxylic acids is 1. The highest BCUT2D eigenvalue weighted by molar-refractivity contribution is 6.32. The Bertz CT molecular complexity index is 892. The lowest BCUT2D eigenvalue weighted by Gasteiger charge is -2.30. The van der Waals surface area contributed by atoms with Crippen LogP contribution in [0.2, 0.25) is 5.02 Å². The lowest BCUT2D eigenvalue weighted by molar-refractivity contribution is -0.147. The molecule has 1 amide bonds. The molecule has 2 heterocycles. The van der Waals surface area contributed by atoms with Gasteiger partial charge in [0, 0.05) is 12.5 Å². The van der Waals surface area contributed by atoms with E-state index in [1.165, 1.54) is 4.90 Å². The number of aliphatic carboxylic acids is 1. The van der Waals surface area contributed by atoms with Crippen molar-refractivity contribution in [2.24, 2.45) is 0 Å². The molecular weight excluding hydrogens is 356 g/mol. The lowest BCUT2D eigenvalue weighted by Crippen LogP contribution is -2.51. The Balaban J connectivity index is 1.74. The zero-order valence-electron chi connectivity index (χ0n) is 14.4. The van der Waals surface area contributed by atoms with Crippen molar-refractivity contribution < 1.29 is 14.7 Å². The highest BCUT2D eigenvalue weighted by Gasteiger charge is 2.47. The number of hydrogen-bond acceptors (Lipinski definition) is 4. The molecule has 7 nitrogen and oxygen atoms in total. The average Bonchev–Trinajstić information content (AvgIpc) is 3.24. The second-order valence-corrected chi connectivity index (χ2v) is 7.48. The van der Waals surface area contributed by atoms with Crippen LogP contribution in [0.5, 0.6) is 0 Å². The molecule has 1 aromatic heterocycles. The van der Waals surface area contributed by atoms with Crippen LogP contribution in [-0.2, 0) is 4.79 Å². The van der Waals surface area contributed by atoms with Crippen LogP contribution >= 0.6 is 11.6 Å². The van der Waals surface area contributed by atoms with Gasteiger partial charge in [-0.1, -0.05) is 23.7 Å². The van der Waals surface area contributed by atoms with Gasteiger partial charge in [-0.3, -0.25) is 4.79 Å². The molecule has 2 fully saturated rings. The van der Waals surface area contributed by atoms with Crippen molar-refractivity contribution in [3.8, 4) is 5.69 Å². The van der Waals surface area contributed by atoms with Crippen molar-refractivity contribution in [2.75, 3.05) is 6.54 Å². The standard InChI is InChI=1S/C18H19ClN4O3/c1-18(17(25)26)9-4-10-22(18)16(24)14-20-15(11-7-8-11)23(21-14)13-6-3-2-5-12(13)19/h2-3,5-6,11H,4,7-10H2,1H3,(H,25,26). The molecule has 1 atom stereocenters. The smallest absolute Gasteiger partial charge is 0.329 e. The summed E-state index contributed by atoms with van der Waals surface area (Å²) in [6.45, 7) is 1.97. The van der Waals surface area contributed by atoms with Gasteiger partial charge in [0.25, 0.3) is 5.91 Å².